The van der Waals surface area contributed by atoms with Gasteiger partial charge < -0.3 is 10.5 Å². The average molecular weight is 336 g/mol. The van der Waals surface area contributed by atoms with Crippen molar-refractivity contribution in [3.63, 3.8) is 0 Å². The molecule has 3 aliphatic carbocycles. The van der Waals surface area contributed by atoms with Gasteiger partial charge in [-0.05, 0) is 57.6 Å². The lowest BCUT2D eigenvalue weighted by atomic mass is 9.58. The van der Waals surface area contributed by atoms with Crippen LogP contribution in [0.5, 0.6) is 5.75 Å². The van der Waals surface area contributed by atoms with Crippen LogP contribution >= 0.6 is 0 Å². The number of nitrogens with zero attached hydrogens (tertiary/aromatic N) is 3. The number of nitriles is 2. The maximum absolute atomic E-state index is 9.43. The Morgan fingerprint density at radius 1 is 1.16 bits per heavy atom. The number of fused-ring (bicyclic) bond motifs is 3. The molecule has 0 saturated heterocycles. The molecule has 3 saturated carbocycles. The molecule has 0 heterocycles. The largest absolute Gasteiger partial charge is 0.479 e. The monoisotopic (exact) mass is 336 g/mol. The van der Waals surface area contributed by atoms with Gasteiger partial charge in [-0.1, -0.05) is 18.2 Å². The number of nitrogens with two attached hydrogens (primary N) is 1. The number of ether oxygens (including phenoxy) is 1. The van der Waals surface area contributed by atoms with Crippen molar-refractivity contribution in [1.29, 1.82) is 10.5 Å². The lowest BCUT2D eigenvalue weighted by Crippen LogP contribution is -2.51. The SMILES string of the molecule is CC(CC#N)(Oc1ccccc1)C(N)=NC12CCC(C#N)(CC1)CC2. The second-order valence-corrected chi connectivity index (χ2v) is 7.59. The van der Waals surface area contributed by atoms with Crippen molar-refractivity contribution >= 4 is 5.84 Å². The zero-order valence-electron chi connectivity index (χ0n) is 14.7. The van der Waals surface area contributed by atoms with Crippen molar-refractivity contribution in [2.75, 3.05) is 0 Å². The van der Waals surface area contributed by atoms with Gasteiger partial charge in [-0.2, -0.15) is 10.5 Å². The Morgan fingerprint density at radius 3 is 2.28 bits per heavy atom. The van der Waals surface area contributed by atoms with E-state index in [2.05, 4.69) is 12.1 Å². The van der Waals surface area contributed by atoms with Gasteiger partial charge in [0.2, 0.25) is 0 Å². The summed E-state index contributed by atoms with van der Waals surface area (Å²) in [6, 6.07) is 14.1. The Bertz CT molecular complexity index is 719. The molecule has 5 heteroatoms. The minimum absolute atomic E-state index is 0.134. The number of hydrogen-bond acceptors (Lipinski definition) is 4. The summed E-state index contributed by atoms with van der Waals surface area (Å²) in [6.45, 7) is 1.82. The number of hydrogen-bond donors (Lipinski definition) is 1. The van der Waals surface area contributed by atoms with Crippen molar-refractivity contribution in [3.05, 3.63) is 30.3 Å². The Kier molecular flexibility index (Phi) is 4.43. The second kappa shape index (κ2) is 6.41. The third kappa shape index (κ3) is 3.33. The predicted octanol–water partition coefficient (Wildman–Crippen LogP) is 3.71. The van der Waals surface area contributed by atoms with E-state index < -0.39 is 5.60 Å². The van der Waals surface area contributed by atoms with E-state index in [4.69, 9.17) is 15.5 Å². The summed E-state index contributed by atoms with van der Waals surface area (Å²) in [5, 5.41) is 18.7. The van der Waals surface area contributed by atoms with Gasteiger partial charge in [0.1, 0.15) is 11.6 Å². The van der Waals surface area contributed by atoms with Gasteiger partial charge >= 0.3 is 0 Å². The minimum Gasteiger partial charge on any atom is -0.479 e. The zero-order valence-corrected chi connectivity index (χ0v) is 14.7. The van der Waals surface area contributed by atoms with Gasteiger partial charge in [0.05, 0.1) is 29.5 Å². The second-order valence-electron chi connectivity index (χ2n) is 7.59. The number of aliphatic imine (C=N–C) groups is 1. The molecule has 25 heavy (non-hydrogen) atoms. The molecule has 3 aliphatic rings. The molecule has 0 aliphatic heterocycles. The molecule has 1 aromatic carbocycles. The number of amidine groups is 1. The normalized spacial score (nSPS) is 30.8. The summed E-state index contributed by atoms with van der Waals surface area (Å²) in [4.78, 5) is 4.89. The van der Waals surface area contributed by atoms with Crippen LogP contribution in [0, 0.1) is 28.1 Å². The molecule has 0 amide bonds. The van der Waals surface area contributed by atoms with E-state index in [1.165, 1.54) is 0 Å². The summed E-state index contributed by atoms with van der Waals surface area (Å²) in [5.74, 6) is 1.05. The summed E-state index contributed by atoms with van der Waals surface area (Å²) in [7, 11) is 0. The fourth-order valence-corrected chi connectivity index (χ4v) is 3.95. The molecule has 0 aromatic heterocycles. The number of para-hydroxylation sites is 1. The van der Waals surface area contributed by atoms with Crippen molar-refractivity contribution < 1.29 is 4.74 Å². The van der Waals surface area contributed by atoms with Crippen LogP contribution in [0.25, 0.3) is 0 Å². The lowest BCUT2D eigenvalue weighted by Gasteiger charge is -2.48. The molecule has 1 aromatic rings. The smallest absolute Gasteiger partial charge is 0.175 e. The first-order valence-corrected chi connectivity index (χ1v) is 8.83. The predicted molar refractivity (Wildman–Crippen MR) is 95.8 cm³/mol. The van der Waals surface area contributed by atoms with Crippen LogP contribution in [-0.4, -0.2) is 17.0 Å². The highest BCUT2D eigenvalue weighted by Crippen LogP contribution is 2.53. The molecule has 2 bridgehead atoms. The van der Waals surface area contributed by atoms with Gasteiger partial charge in [-0.3, -0.25) is 4.99 Å². The third-order valence-electron chi connectivity index (χ3n) is 5.85. The van der Waals surface area contributed by atoms with E-state index in [0.29, 0.717) is 11.6 Å². The summed E-state index contributed by atoms with van der Waals surface area (Å²) in [6.07, 6.45) is 5.44. The van der Waals surface area contributed by atoms with E-state index in [-0.39, 0.29) is 17.4 Å². The molecule has 2 N–H and O–H groups in total. The highest BCUT2D eigenvalue weighted by molar-refractivity contribution is 5.89. The fourth-order valence-electron chi connectivity index (χ4n) is 3.95. The van der Waals surface area contributed by atoms with Gasteiger partial charge in [0.15, 0.2) is 5.60 Å². The quantitative estimate of drug-likeness (QED) is 0.655. The van der Waals surface area contributed by atoms with Crippen molar-refractivity contribution in [1.82, 2.24) is 0 Å². The maximum atomic E-state index is 9.43. The minimum atomic E-state index is -0.952. The first kappa shape index (κ1) is 17.3. The van der Waals surface area contributed by atoms with Gasteiger partial charge in [-0.15, -0.1) is 0 Å². The van der Waals surface area contributed by atoms with Crippen LogP contribution in [0.15, 0.2) is 35.3 Å². The summed E-state index contributed by atoms with van der Waals surface area (Å²) >= 11 is 0. The Hall–Kier alpha value is -2.53. The van der Waals surface area contributed by atoms with Crippen molar-refractivity contribution in [3.8, 4) is 17.9 Å². The Morgan fingerprint density at radius 2 is 1.76 bits per heavy atom. The molecular formula is C20H24N4O. The van der Waals surface area contributed by atoms with Crippen LogP contribution in [0.4, 0.5) is 0 Å². The third-order valence-corrected chi connectivity index (χ3v) is 5.85. The van der Waals surface area contributed by atoms with Crippen LogP contribution in [0.2, 0.25) is 0 Å². The van der Waals surface area contributed by atoms with E-state index in [1.54, 1.807) is 0 Å². The Balaban J connectivity index is 1.84. The van der Waals surface area contributed by atoms with Crippen LogP contribution in [-0.2, 0) is 0 Å². The van der Waals surface area contributed by atoms with E-state index in [0.717, 1.165) is 38.5 Å². The standard InChI is InChI=1S/C20H24N4O/c1-18(13-14-21,25-16-5-3-2-4-6-16)17(23)24-20-10-7-19(15-22,8-11-20)9-12-20/h2-6H,7-13H2,1H3,(H2,23,24). The molecule has 3 fully saturated rings. The van der Waals surface area contributed by atoms with Crippen LogP contribution in [0.1, 0.15) is 51.9 Å². The van der Waals surface area contributed by atoms with E-state index >= 15 is 0 Å². The molecule has 0 radical (unpaired) electrons. The first-order chi connectivity index (χ1) is 11.9. The fraction of sp³-hybridized carbons (Fsp3) is 0.550. The summed E-state index contributed by atoms with van der Waals surface area (Å²) < 4.78 is 6.06. The highest BCUT2D eigenvalue weighted by Gasteiger charge is 2.49. The van der Waals surface area contributed by atoms with Gasteiger partial charge in [0.25, 0.3) is 0 Å². The average Bonchev–Trinajstić information content (AvgIpc) is 2.64. The number of benzene rings is 1. The van der Waals surface area contributed by atoms with Crippen molar-refractivity contribution in [2.45, 2.75) is 63.0 Å². The topological polar surface area (TPSA) is 95.2 Å². The molecule has 130 valence electrons. The molecule has 4 rings (SSSR count). The Labute approximate surface area is 149 Å². The molecule has 1 atom stereocenters. The summed E-state index contributed by atoms with van der Waals surface area (Å²) in [5.41, 5.74) is 5.07. The number of rotatable bonds is 5. The van der Waals surface area contributed by atoms with Crippen LogP contribution in [0.3, 0.4) is 0 Å². The molecular weight excluding hydrogens is 312 g/mol. The molecule has 1 unspecified atom stereocenters. The molecule has 0 spiro atoms. The van der Waals surface area contributed by atoms with E-state index in [9.17, 15) is 10.5 Å². The van der Waals surface area contributed by atoms with Gasteiger partial charge in [0, 0.05) is 0 Å². The van der Waals surface area contributed by atoms with Gasteiger partial charge in [-0.25, -0.2) is 0 Å². The molecule has 5 nitrogen and oxygen atoms in total. The van der Waals surface area contributed by atoms with Crippen LogP contribution < -0.4 is 10.5 Å². The first-order valence-electron chi connectivity index (χ1n) is 8.83. The van der Waals surface area contributed by atoms with E-state index in [1.807, 2.05) is 37.3 Å². The highest BCUT2D eigenvalue weighted by atomic mass is 16.5. The lowest BCUT2D eigenvalue weighted by molar-refractivity contribution is 0.0889. The zero-order chi connectivity index (χ0) is 18.0. The maximum Gasteiger partial charge on any atom is 0.175 e. The van der Waals surface area contributed by atoms with Crippen molar-refractivity contribution in [2.24, 2.45) is 16.1 Å².